The Morgan fingerprint density at radius 2 is 1.66 bits per heavy atom. The van der Waals surface area contributed by atoms with Gasteiger partial charge in [0, 0.05) is 44.5 Å². The first kappa shape index (κ1) is 27.6. The highest BCUT2D eigenvalue weighted by Crippen LogP contribution is 2.35. The van der Waals surface area contributed by atoms with Crippen molar-refractivity contribution in [3.8, 4) is 0 Å². The number of fused-ring (bicyclic) bond motifs is 1. The minimum absolute atomic E-state index is 0.00204. The summed E-state index contributed by atoms with van der Waals surface area (Å²) in [5, 5.41) is 0.843. The molecule has 0 saturated carbocycles. The molecule has 4 aromatic rings. The van der Waals surface area contributed by atoms with Crippen LogP contribution >= 0.6 is 11.8 Å². The SMILES string of the molecule is O=C([C@@H]1C[C@@H](Sc2nc3ccccc3[nH]2)CN1Cc1ccc(C(F)(F)F)cc1)N1CCN(c2ccccc2F)CC1. The molecule has 0 spiro atoms. The van der Waals surface area contributed by atoms with Gasteiger partial charge in [-0.2, -0.15) is 13.2 Å². The van der Waals surface area contributed by atoms with Crippen molar-refractivity contribution in [2.75, 3.05) is 37.6 Å². The van der Waals surface area contributed by atoms with E-state index in [0.717, 1.165) is 33.9 Å². The van der Waals surface area contributed by atoms with Gasteiger partial charge in [-0.3, -0.25) is 9.69 Å². The van der Waals surface area contributed by atoms with Crippen LogP contribution in [0.4, 0.5) is 23.2 Å². The van der Waals surface area contributed by atoms with Crippen molar-refractivity contribution < 1.29 is 22.4 Å². The van der Waals surface area contributed by atoms with Crippen molar-refractivity contribution in [3.05, 3.63) is 89.7 Å². The van der Waals surface area contributed by atoms with Crippen molar-refractivity contribution >= 4 is 34.4 Å². The fraction of sp³-hybridized carbons (Fsp3) is 0.333. The van der Waals surface area contributed by atoms with E-state index in [2.05, 4.69) is 14.9 Å². The zero-order valence-electron chi connectivity index (χ0n) is 22.1. The number of carbonyl (C=O) groups is 1. The topological polar surface area (TPSA) is 55.5 Å². The number of para-hydroxylation sites is 3. The molecule has 1 amide bonds. The van der Waals surface area contributed by atoms with Crippen LogP contribution in [0.15, 0.2) is 78.0 Å². The molecule has 0 radical (unpaired) electrons. The van der Waals surface area contributed by atoms with Gasteiger partial charge in [0.1, 0.15) is 5.82 Å². The Balaban J connectivity index is 1.17. The Labute approximate surface area is 239 Å². The van der Waals surface area contributed by atoms with Crippen LogP contribution in [0.3, 0.4) is 0 Å². The van der Waals surface area contributed by atoms with Gasteiger partial charge in [-0.05, 0) is 48.4 Å². The smallest absolute Gasteiger partial charge is 0.366 e. The summed E-state index contributed by atoms with van der Waals surface area (Å²) in [4.78, 5) is 27.7. The summed E-state index contributed by atoms with van der Waals surface area (Å²) in [5.74, 6) is -0.283. The normalized spacial score (nSPS) is 20.2. The van der Waals surface area contributed by atoms with Crippen molar-refractivity contribution in [3.63, 3.8) is 0 Å². The number of imidazole rings is 1. The third-order valence-corrected chi connectivity index (χ3v) is 8.84. The maximum atomic E-state index is 14.3. The summed E-state index contributed by atoms with van der Waals surface area (Å²) in [6.07, 6.45) is -3.81. The first-order valence-electron chi connectivity index (χ1n) is 13.5. The van der Waals surface area contributed by atoms with Gasteiger partial charge in [-0.1, -0.05) is 48.2 Å². The molecule has 0 unspecified atom stereocenters. The minimum atomic E-state index is -4.40. The van der Waals surface area contributed by atoms with E-state index < -0.39 is 17.8 Å². The number of H-pyrrole nitrogens is 1. The number of alkyl halides is 3. The first-order chi connectivity index (χ1) is 19.7. The Hall–Kier alpha value is -3.57. The molecule has 2 aliphatic rings. The zero-order valence-corrected chi connectivity index (χ0v) is 23.0. The fourth-order valence-electron chi connectivity index (χ4n) is 5.64. The predicted octanol–water partition coefficient (Wildman–Crippen LogP) is 5.80. The summed E-state index contributed by atoms with van der Waals surface area (Å²) in [5.41, 5.74) is 2.37. The molecule has 0 aliphatic carbocycles. The van der Waals surface area contributed by atoms with Gasteiger partial charge in [0.05, 0.1) is 28.3 Å². The second-order valence-electron chi connectivity index (χ2n) is 10.4. The molecule has 1 aromatic heterocycles. The third kappa shape index (κ3) is 6.06. The predicted molar refractivity (Wildman–Crippen MR) is 151 cm³/mol. The molecule has 214 valence electrons. The fourth-order valence-corrected chi connectivity index (χ4v) is 6.82. The number of benzene rings is 3. The van der Waals surface area contributed by atoms with Gasteiger partial charge >= 0.3 is 6.18 Å². The van der Waals surface area contributed by atoms with Gasteiger partial charge in [-0.15, -0.1) is 0 Å². The quantitative estimate of drug-likeness (QED) is 0.291. The van der Waals surface area contributed by atoms with E-state index in [-0.39, 0.29) is 17.0 Å². The molecule has 2 fully saturated rings. The number of likely N-dealkylation sites (tertiary alicyclic amines) is 1. The van der Waals surface area contributed by atoms with Crippen molar-refractivity contribution in [2.24, 2.45) is 0 Å². The number of rotatable bonds is 6. The molecule has 11 heteroatoms. The van der Waals surface area contributed by atoms with Crippen LogP contribution in [-0.2, 0) is 17.5 Å². The van der Waals surface area contributed by atoms with E-state index in [0.29, 0.717) is 51.4 Å². The lowest BCUT2D eigenvalue weighted by atomic mass is 10.1. The maximum absolute atomic E-state index is 14.3. The number of piperazine rings is 1. The highest BCUT2D eigenvalue weighted by Gasteiger charge is 2.40. The second kappa shape index (κ2) is 11.4. The summed E-state index contributed by atoms with van der Waals surface area (Å²) in [7, 11) is 0. The molecular formula is C30H29F4N5OS. The van der Waals surface area contributed by atoms with Crippen molar-refractivity contribution in [1.29, 1.82) is 0 Å². The number of aromatic nitrogens is 2. The Kier molecular flexibility index (Phi) is 7.65. The molecular weight excluding hydrogens is 554 g/mol. The number of hydrogen-bond donors (Lipinski definition) is 1. The second-order valence-corrected chi connectivity index (χ2v) is 11.7. The lowest BCUT2D eigenvalue weighted by Gasteiger charge is -2.38. The number of amides is 1. The number of hydrogen-bond acceptors (Lipinski definition) is 5. The van der Waals surface area contributed by atoms with E-state index in [4.69, 9.17) is 0 Å². The highest BCUT2D eigenvalue weighted by molar-refractivity contribution is 7.99. The number of thioether (sulfide) groups is 1. The standard InChI is InChI=1S/C30H29F4N5OS/c31-23-5-1-4-8-26(23)37-13-15-38(16-14-37)28(40)27-17-22(41-29-35-24-6-2-3-7-25(24)36-29)19-39(27)18-20-9-11-21(12-10-20)30(32,33)34/h1-12,22,27H,13-19H2,(H,35,36)/t22-,27+/m1/s1. The number of nitrogens with one attached hydrogen (secondary N) is 1. The van der Waals surface area contributed by atoms with Gasteiger partial charge in [-0.25, -0.2) is 9.37 Å². The molecule has 6 nitrogen and oxygen atoms in total. The van der Waals surface area contributed by atoms with Gasteiger partial charge in [0.15, 0.2) is 5.16 Å². The van der Waals surface area contributed by atoms with E-state index in [1.807, 2.05) is 34.1 Å². The van der Waals surface area contributed by atoms with E-state index in [1.54, 1.807) is 30.0 Å². The molecule has 2 saturated heterocycles. The minimum Gasteiger partial charge on any atom is -0.366 e. The number of nitrogens with zero attached hydrogens (tertiary/aromatic N) is 4. The van der Waals surface area contributed by atoms with Crippen LogP contribution < -0.4 is 4.90 Å². The van der Waals surface area contributed by atoms with E-state index in [1.165, 1.54) is 18.2 Å². The van der Waals surface area contributed by atoms with Crippen LogP contribution in [-0.4, -0.2) is 69.7 Å². The zero-order chi connectivity index (χ0) is 28.6. The Morgan fingerprint density at radius 1 is 0.951 bits per heavy atom. The largest absolute Gasteiger partial charge is 0.416 e. The molecule has 3 aromatic carbocycles. The highest BCUT2D eigenvalue weighted by atomic mass is 32.2. The summed E-state index contributed by atoms with van der Waals surface area (Å²) in [6, 6.07) is 19.1. The van der Waals surface area contributed by atoms with Gasteiger partial charge in [0.2, 0.25) is 5.91 Å². The molecule has 1 N–H and O–H groups in total. The maximum Gasteiger partial charge on any atom is 0.416 e. The van der Waals surface area contributed by atoms with Crippen molar-refractivity contribution in [1.82, 2.24) is 19.8 Å². The number of anilines is 1. The summed E-state index contributed by atoms with van der Waals surface area (Å²) < 4.78 is 53.6. The Bertz CT molecular complexity index is 1480. The van der Waals surface area contributed by atoms with Crippen molar-refractivity contribution in [2.45, 2.75) is 35.6 Å². The molecule has 0 bridgehead atoms. The molecule has 6 rings (SSSR count). The lowest BCUT2D eigenvalue weighted by molar-refractivity contribution is -0.137. The first-order valence-corrected chi connectivity index (χ1v) is 14.4. The number of carbonyl (C=O) groups excluding carboxylic acids is 1. The molecule has 3 heterocycles. The van der Waals surface area contributed by atoms with Gasteiger partial charge < -0.3 is 14.8 Å². The average molecular weight is 584 g/mol. The molecule has 2 atom stereocenters. The van der Waals surface area contributed by atoms with Crippen LogP contribution in [0.5, 0.6) is 0 Å². The average Bonchev–Trinajstić information content (AvgIpc) is 3.56. The summed E-state index contributed by atoms with van der Waals surface area (Å²) >= 11 is 1.59. The van der Waals surface area contributed by atoms with Crippen LogP contribution in [0.1, 0.15) is 17.5 Å². The monoisotopic (exact) mass is 583 g/mol. The van der Waals surface area contributed by atoms with Gasteiger partial charge in [0.25, 0.3) is 0 Å². The van der Waals surface area contributed by atoms with E-state index in [9.17, 15) is 22.4 Å². The lowest BCUT2D eigenvalue weighted by Crippen LogP contribution is -2.53. The summed E-state index contributed by atoms with van der Waals surface area (Å²) in [6.45, 7) is 2.94. The molecule has 41 heavy (non-hydrogen) atoms. The van der Waals surface area contributed by atoms with Crippen LogP contribution in [0.2, 0.25) is 0 Å². The Morgan fingerprint density at radius 3 is 2.37 bits per heavy atom. The number of halogens is 4. The van der Waals surface area contributed by atoms with Crippen LogP contribution in [0.25, 0.3) is 11.0 Å². The molecule has 2 aliphatic heterocycles. The van der Waals surface area contributed by atoms with Crippen LogP contribution in [0, 0.1) is 5.82 Å². The third-order valence-electron chi connectivity index (χ3n) is 7.75. The number of aromatic amines is 1. The van der Waals surface area contributed by atoms with E-state index >= 15 is 0 Å².